The van der Waals surface area contributed by atoms with Crippen LogP contribution in [0.5, 0.6) is 0 Å². The van der Waals surface area contributed by atoms with Gasteiger partial charge in [0.2, 0.25) is 0 Å². The molecule has 0 fully saturated rings. The summed E-state index contributed by atoms with van der Waals surface area (Å²) in [6.07, 6.45) is 0. The highest BCUT2D eigenvalue weighted by Gasteiger charge is 2.18. The Morgan fingerprint density at radius 1 is 1.21 bits per heavy atom. The summed E-state index contributed by atoms with van der Waals surface area (Å²) < 4.78 is 15.4. The van der Waals surface area contributed by atoms with Crippen LogP contribution >= 0.6 is 0 Å². The van der Waals surface area contributed by atoms with Gasteiger partial charge in [0.05, 0.1) is 0 Å². The predicted molar refractivity (Wildman–Crippen MR) is 66.5 cm³/mol. The van der Waals surface area contributed by atoms with Crippen molar-refractivity contribution in [2.75, 3.05) is 0 Å². The molecule has 0 aliphatic heterocycles. The second-order valence-corrected chi connectivity index (χ2v) is 11.5. The molecule has 0 bridgehead atoms. The second kappa shape index (κ2) is 3.88. The van der Waals surface area contributed by atoms with E-state index < -0.39 is 17.9 Å². The first-order valence-electron chi connectivity index (χ1n) is 4.52. The van der Waals surface area contributed by atoms with Crippen molar-refractivity contribution in [1.82, 2.24) is 4.39 Å². The van der Waals surface area contributed by atoms with Gasteiger partial charge >= 0.3 is 0 Å². The molecule has 1 aromatic rings. The Balaban J connectivity index is 2.99. The summed E-state index contributed by atoms with van der Waals surface area (Å²) in [6.45, 7) is 6.34. The Morgan fingerprint density at radius 3 is 2.14 bits per heavy atom. The van der Waals surface area contributed by atoms with Crippen molar-refractivity contribution in [1.29, 1.82) is 0 Å². The quantitative estimate of drug-likeness (QED) is 0.622. The van der Waals surface area contributed by atoms with Crippen LogP contribution in [0, 0.1) is 0 Å². The van der Waals surface area contributed by atoms with Gasteiger partial charge in [0, 0.05) is 14.6 Å². The largest absolute Gasteiger partial charge is 0.264 e. The Bertz CT molecular complexity index is 392. The van der Waals surface area contributed by atoms with Gasteiger partial charge in [-0.3, -0.25) is 4.39 Å². The zero-order chi connectivity index (χ0) is 10.8. The van der Waals surface area contributed by atoms with E-state index in [1.807, 2.05) is 30.3 Å². The van der Waals surface area contributed by atoms with Gasteiger partial charge in [-0.15, -0.1) is 0 Å². The molecule has 0 amide bonds. The van der Waals surface area contributed by atoms with Crippen LogP contribution < -0.4 is 4.39 Å². The fourth-order valence-corrected chi connectivity index (χ4v) is 6.22. The third-order valence-corrected chi connectivity index (χ3v) is 6.40. The molecule has 1 rings (SSSR count). The molecule has 0 spiro atoms. The van der Waals surface area contributed by atoms with Crippen molar-refractivity contribution in [3.05, 3.63) is 30.3 Å². The first-order chi connectivity index (χ1) is 6.31. The lowest BCUT2D eigenvalue weighted by Gasteiger charge is -2.21. The van der Waals surface area contributed by atoms with E-state index in [9.17, 15) is 4.21 Å². The number of benzene rings is 1. The van der Waals surface area contributed by atoms with E-state index in [4.69, 9.17) is 0 Å². The third-order valence-electron chi connectivity index (χ3n) is 1.60. The maximum Gasteiger partial charge on any atom is 0.130 e. The molecular weight excluding hydrogens is 210 g/mol. The van der Waals surface area contributed by atoms with Gasteiger partial charge in [-0.2, -0.15) is 0 Å². The number of hydrogen-bond donors (Lipinski definition) is 1. The fraction of sp³-hybridized carbons (Fsp3) is 0.300. The Labute approximate surface area is 87.6 Å². The number of nitrogens with one attached hydrogen (secondary N) is 1. The van der Waals surface area contributed by atoms with Gasteiger partial charge in [-0.05, 0) is 18.0 Å². The molecular formula is C10H17NOSSi. The van der Waals surface area contributed by atoms with Crippen molar-refractivity contribution in [3.63, 3.8) is 0 Å². The van der Waals surface area contributed by atoms with E-state index in [0.717, 1.165) is 4.90 Å². The van der Waals surface area contributed by atoms with E-state index in [1.54, 1.807) is 0 Å². The SMILES string of the molecule is C=S(=O)(N[Si](C)(C)C)c1ccccc1. The van der Waals surface area contributed by atoms with E-state index in [2.05, 4.69) is 29.9 Å². The Morgan fingerprint density at radius 2 is 1.71 bits per heavy atom. The number of hydrogen-bond acceptors (Lipinski definition) is 1. The zero-order valence-corrected chi connectivity index (χ0v) is 10.7. The average Bonchev–Trinajstić information content (AvgIpc) is 2.01. The van der Waals surface area contributed by atoms with Crippen molar-refractivity contribution in [3.8, 4) is 0 Å². The van der Waals surface area contributed by atoms with Gasteiger partial charge in [-0.1, -0.05) is 37.8 Å². The maximum atomic E-state index is 12.2. The molecule has 0 heterocycles. The van der Waals surface area contributed by atoms with E-state index in [0.29, 0.717) is 0 Å². The van der Waals surface area contributed by atoms with Crippen LogP contribution in [-0.4, -0.2) is 18.3 Å². The molecule has 4 heteroatoms. The molecule has 1 unspecified atom stereocenters. The summed E-state index contributed by atoms with van der Waals surface area (Å²) in [4.78, 5) is 0.780. The minimum absolute atomic E-state index is 0.780. The Hall–Kier alpha value is -0.583. The van der Waals surface area contributed by atoms with Crippen LogP contribution in [0.3, 0.4) is 0 Å². The average molecular weight is 227 g/mol. The van der Waals surface area contributed by atoms with E-state index in [-0.39, 0.29) is 0 Å². The van der Waals surface area contributed by atoms with Gasteiger partial charge in [-0.25, -0.2) is 4.21 Å². The summed E-state index contributed by atoms with van der Waals surface area (Å²) in [7, 11) is -3.87. The van der Waals surface area contributed by atoms with Gasteiger partial charge in [0.25, 0.3) is 0 Å². The van der Waals surface area contributed by atoms with Crippen LogP contribution in [-0.2, 0) is 9.71 Å². The summed E-state index contributed by atoms with van der Waals surface area (Å²) in [6, 6.07) is 9.37. The molecule has 0 aliphatic rings. The van der Waals surface area contributed by atoms with Crippen molar-refractivity contribution < 1.29 is 4.21 Å². The third kappa shape index (κ3) is 3.29. The lowest BCUT2D eigenvalue weighted by Crippen LogP contribution is -2.44. The Kier molecular flexibility index (Phi) is 3.19. The van der Waals surface area contributed by atoms with Crippen molar-refractivity contribution in [2.24, 2.45) is 0 Å². The fourth-order valence-electron chi connectivity index (χ4n) is 1.19. The van der Waals surface area contributed by atoms with Crippen molar-refractivity contribution >= 4 is 23.8 Å². The molecule has 0 saturated heterocycles. The summed E-state index contributed by atoms with van der Waals surface area (Å²) in [5.41, 5.74) is 0. The monoisotopic (exact) mass is 227 g/mol. The van der Waals surface area contributed by atoms with Crippen LogP contribution in [0.25, 0.3) is 0 Å². The first kappa shape index (κ1) is 11.5. The molecule has 2 nitrogen and oxygen atoms in total. The number of rotatable bonds is 3. The standard InChI is InChI=1S/C10H17NOSSi/c1-13(12,11-14(2,3)4)10-8-6-5-7-9-10/h5-9H,1H2,2-4H3,(H,11,12). The molecule has 0 saturated carbocycles. The highest BCUT2D eigenvalue weighted by Crippen LogP contribution is 2.10. The van der Waals surface area contributed by atoms with Crippen LogP contribution in [0.4, 0.5) is 0 Å². The van der Waals surface area contributed by atoms with E-state index >= 15 is 0 Å². The summed E-state index contributed by atoms with van der Waals surface area (Å²) in [5.74, 6) is 3.78. The van der Waals surface area contributed by atoms with E-state index in [1.165, 1.54) is 0 Å². The normalized spacial score (nSPS) is 16.2. The van der Waals surface area contributed by atoms with Crippen LogP contribution in [0.2, 0.25) is 19.6 Å². The van der Waals surface area contributed by atoms with Crippen LogP contribution in [0.15, 0.2) is 35.2 Å². The topological polar surface area (TPSA) is 29.1 Å². The molecule has 0 aliphatic carbocycles. The molecule has 0 aromatic heterocycles. The molecule has 1 aromatic carbocycles. The van der Waals surface area contributed by atoms with Gasteiger partial charge < -0.3 is 0 Å². The minimum atomic E-state index is -2.31. The lowest BCUT2D eigenvalue weighted by atomic mass is 10.4. The first-order valence-corrected chi connectivity index (χ1v) is 9.75. The zero-order valence-electron chi connectivity index (χ0n) is 8.91. The van der Waals surface area contributed by atoms with Gasteiger partial charge in [0.15, 0.2) is 0 Å². The molecule has 1 N–H and O–H groups in total. The second-order valence-electron chi connectivity index (χ2n) is 4.34. The lowest BCUT2D eigenvalue weighted by molar-refractivity contribution is 0.679. The summed E-state index contributed by atoms with van der Waals surface area (Å²) in [5, 5.41) is 0. The molecule has 1 atom stereocenters. The molecule has 14 heavy (non-hydrogen) atoms. The van der Waals surface area contributed by atoms with Gasteiger partial charge in [0.1, 0.15) is 8.24 Å². The maximum absolute atomic E-state index is 12.2. The highest BCUT2D eigenvalue weighted by atomic mass is 32.2. The van der Waals surface area contributed by atoms with Crippen LogP contribution in [0.1, 0.15) is 0 Å². The minimum Gasteiger partial charge on any atom is -0.264 e. The summed E-state index contributed by atoms with van der Waals surface area (Å²) >= 11 is 0. The predicted octanol–water partition coefficient (Wildman–Crippen LogP) is 2.10. The molecule has 78 valence electrons. The smallest absolute Gasteiger partial charge is 0.130 e. The highest BCUT2D eigenvalue weighted by molar-refractivity contribution is 7.99. The van der Waals surface area contributed by atoms with Crippen molar-refractivity contribution in [2.45, 2.75) is 24.5 Å². The molecule has 0 radical (unpaired) electrons.